The van der Waals surface area contributed by atoms with E-state index in [0.717, 1.165) is 31.5 Å². The van der Waals surface area contributed by atoms with Gasteiger partial charge in [0, 0.05) is 31.0 Å². The third kappa shape index (κ3) is 5.10. The Bertz CT molecular complexity index is 864. The minimum absolute atomic E-state index is 0.0470. The van der Waals surface area contributed by atoms with Gasteiger partial charge in [0.1, 0.15) is 0 Å². The van der Waals surface area contributed by atoms with Gasteiger partial charge in [0.25, 0.3) is 11.6 Å². The van der Waals surface area contributed by atoms with Crippen LogP contribution in [0.4, 0.5) is 11.4 Å². The van der Waals surface area contributed by atoms with Gasteiger partial charge in [0.15, 0.2) is 0 Å². The predicted molar refractivity (Wildman–Crippen MR) is 109 cm³/mol. The Hall–Kier alpha value is -2.87. The molecule has 28 heavy (non-hydrogen) atoms. The van der Waals surface area contributed by atoms with Crippen molar-refractivity contribution in [2.24, 2.45) is 0 Å². The standard InChI is InChI=1S/C20H21N3O4S/c24-19(14-28-13-15-7-9-16(10-8-15)23(26)27)21-18-6-2-1-5-17(18)20(25)22-11-3-4-12-22/h1-2,5-10H,3-4,11-14H2,(H,21,24). The Morgan fingerprint density at radius 3 is 2.43 bits per heavy atom. The third-order valence-electron chi connectivity index (χ3n) is 4.47. The molecule has 1 fully saturated rings. The highest BCUT2D eigenvalue weighted by Gasteiger charge is 2.22. The topological polar surface area (TPSA) is 92.5 Å². The highest BCUT2D eigenvalue weighted by molar-refractivity contribution is 7.99. The van der Waals surface area contributed by atoms with Crippen LogP contribution in [0.1, 0.15) is 28.8 Å². The molecule has 0 atom stereocenters. The van der Waals surface area contributed by atoms with Gasteiger partial charge in [0.2, 0.25) is 5.91 Å². The number of rotatable bonds is 7. The van der Waals surface area contributed by atoms with Crippen LogP contribution >= 0.6 is 11.8 Å². The van der Waals surface area contributed by atoms with Gasteiger partial charge in [-0.05, 0) is 30.5 Å². The molecule has 2 amide bonds. The number of non-ortho nitro benzene ring substituents is 1. The van der Waals surface area contributed by atoms with Crippen LogP contribution in [-0.2, 0) is 10.5 Å². The summed E-state index contributed by atoms with van der Waals surface area (Å²) in [6.07, 6.45) is 2.03. The molecule has 7 nitrogen and oxygen atoms in total. The van der Waals surface area contributed by atoms with Crippen LogP contribution in [0, 0.1) is 10.1 Å². The van der Waals surface area contributed by atoms with Gasteiger partial charge < -0.3 is 10.2 Å². The summed E-state index contributed by atoms with van der Waals surface area (Å²) in [4.78, 5) is 37.0. The van der Waals surface area contributed by atoms with Crippen molar-refractivity contribution in [3.05, 3.63) is 69.8 Å². The highest BCUT2D eigenvalue weighted by Crippen LogP contribution is 2.21. The second kappa shape index (κ2) is 9.36. The molecule has 1 aliphatic rings. The lowest BCUT2D eigenvalue weighted by Crippen LogP contribution is -2.29. The fourth-order valence-electron chi connectivity index (χ4n) is 3.03. The number of likely N-dealkylation sites (tertiary alicyclic amines) is 1. The maximum atomic E-state index is 12.6. The number of carbonyl (C=O) groups excluding carboxylic acids is 2. The molecule has 0 unspecified atom stereocenters. The van der Waals surface area contributed by atoms with E-state index in [9.17, 15) is 19.7 Å². The van der Waals surface area contributed by atoms with Gasteiger partial charge in [0.05, 0.1) is 21.9 Å². The number of nitro benzene ring substituents is 1. The quantitative estimate of drug-likeness (QED) is 0.566. The van der Waals surface area contributed by atoms with Crippen molar-refractivity contribution < 1.29 is 14.5 Å². The van der Waals surface area contributed by atoms with Crippen LogP contribution in [0.25, 0.3) is 0 Å². The molecule has 0 aromatic heterocycles. The average Bonchev–Trinajstić information content (AvgIpc) is 3.23. The molecule has 2 aromatic rings. The summed E-state index contributed by atoms with van der Waals surface area (Å²) in [5.74, 6) is 0.559. The van der Waals surface area contributed by atoms with Crippen molar-refractivity contribution in [1.29, 1.82) is 0 Å². The summed E-state index contributed by atoms with van der Waals surface area (Å²) < 4.78 is 0. The minimum Gasteiger partial charge on any atom is -0.339 e. The van der Waals surface area contributed by atoms with Crippen molar-refractivity contribution in [1.82, 2.24) is 4.90 Å². The first-order chi connectivity index (χ1) is 13.5. The maximum absolute atomic E-state index is 12.6. The number of thioether (sulfide) groups is 1. The lowest BCUT2D eigenvalue weighted by Gasteiger charge is -2.18. The molecule has 1 saturated heterocycles. The summed E-state index contributed by atoms with van der Waals surface area (Å²) in [5, 5.41) is 13.5. The smallest absolute Gasteiger partial charge is 0.269 e. The maximum Gasteiger partial charge on any atom is 0.269 e. The average molecular weight is 399 g/mol. The second-order valence-electron chi connectivity index (χ2n) is 6.51. The molecule has 0 radical (unpaired) electrons. The monoisotopic (exact) mass is 399 g/mol. The van der Waals surface area contributed by atoms with Crippen molar-refractivity contribution in [2.45, 2.75) is 18.6 Å². The van der Waals surface area contributed by atoms with E-state index in [4.69, 9.17) is 0 Å². The molecule has 0 saturated carbocycles. The number of hydrogen-bond donors (Lipinski definition) is 1. The van der Waals surface area contributed by atoms with Gasteiger partial charge in [-0.2, -0.15) is 0 Å². The Kier molecular flexibility index (Phi) is 6.65. The predicted octanol–water partition coefficient (Wildman–Crippen LogP) is 3.70. The van der Waals surface area contributed by atoms with Crippen molar-refractivity contribution >= 4 is 35.0 Å². The van der Waals surface area contributed by atoms with Gasteiger partial charge in [-0.3, -0.25) is 19.7 Å². The van der Waals surface area contributed by atoms with E-state index in [0.29, 0.717) is 17.0 Å². The van der Waals surface area contributed by atoms with E-state index in [1.807, 2.05) is 4.90 Å². The molecule has 0 spiro atoms. The molecule has 1 aliphatic heterocycles. The number of nitrogens with one attached hydrogen (secondary N) is 1. The first kappa shape index (κ1) is 19.9. The SMILES string of the molecule is O=C(CSCc1ccc([N+](=O)[O-])cc1)Nc1ccccc1C(=O)N1CCCC1. The Labute approximate surface area is 167 Å². The zero-order chi connectivity index (χ0) is 19.9. The minimum atomic E-state index is -0.439. The molecule has 1 heterocycles. The first-order valence-corrected chi connectivity index (χ1v) is 10.2. The molecule has 8 heteroatoms. The van der Waals surface area contributed by atoms with E-state index in [1.54, 1.807) is 36.4 Å². The summed E-state index contributed by atoms with van der Waals surface area (Å²) in [6, 6.07) is 13.3. The fourth-order valence-corrected chi connectivity index (χ4v) is 3.82. The van der Waals surface area contributed by atoms with E-state index in [-0.39, 0.29) is 23.3 Å². The second-order valence-corrected chi connectivity index (χ2v) is 7.50. The lowest BCUT2D eigenvalue weighted by molar-refractivity contribution is -0.384. The van der Waals surface area contributed by atoms with E-state index in [1.165, 1.54) is 23.9 Å². The van der Waals surface area contributed by atoms with E-state index in [2.05, 4.69) is 5.32 Å². The van der Waals surface area contributed by atoms with E-state index < -0.39 is 4.92 Å². The van der Waals surface area contributed by atoms with Crippen LogP contribution in [0.3, 0.4) is 0 Å². The molecule has 0 aliphatic carbocycles. The Morgan fingerprint density at radius 1 is 1.07 bits per heavy atom. The van der Waals surface area contributed by atoms with Crippen molar-refractivity contribution in [2.75, 3.05) is 24.2 Å². The summed E-state index contributed by atoms with van der Waals surface area (Å²) in [7, 11) is 0. The molecule has 3 rings (SSSR count). The largest absolute Gasteiger partial charge is 0.339 e. The number of carbonyl (C=O) groups is 2. The number of amides is 2. The highest BCUT2D eigenvalue weighted by atomic mass is 32.2. The zero-order valence-corrected chi connectivity index (χ0v) is 16.1. The number of hydrogen-bond acceptors (Lipinski definition) is 5. The van der Waals surface area contributed by atoms with Crippen LogP contribution in [0.5, 0.6) is 0 Å². The van der Waals surface area contributed by atoms with Crippen LogP contribution in [0.2, 0.25) is 0 Å². The third-order valence-corrected chi connectivity index (χ3v) is 5.48. The van der Waals surface area contributed by atoms with Gasteiger partial charge in [-0.25, -0.2) is 0 Å². The summed E-state index contributed by atoms with van der Waals surface area (Å²) in [5.41, 5.74) is 2.00. The molecular weight excluding hydrogens is 378 g/mol. The lowest BCUT2D eigenvalue weighted by atomic mass is 10.1. The Morgan fingerprint density at radius 2 is 1.75 bits per heavy atom. The van der Waals surface area contributed by atoms with Gasteiger partial charge >= 0.3 is 0 Å². The van der Waals surface area contributed by atoms with E-state index >= 15 is 0 Å². The van der Waals surface area contributed by atoms with Crippen LogP contribution in [0.15, 0.2) is 48.5 Å². The number of anilines is 1. The van der Waals surface area contributed by atoms with Crippen LogP contribution in [-0.4, -0.2) is 40.5 Å². The number of nitrogens with zero attached hydrogens (tertiary/aromatic N) is 2. The zero-order valence-electron chi connectivity index (χ0n) is 15.3. The molecule has 146 valence electrons. The van der Waals surface area contributed by atoms with Crippen molar-refractivity contribution in [3.63, 3.8) is 0 Å². The molecule has 1 N–H and O–H groups in total. The Balaban J connectivity index is 1.53. The molecule has 2 aromatic carbocycles. The van der Waals surface area contributed by atoms with Crippen LogP contribution < -0.4 is 5.32 Å². The number of benzene rings is 2. The molecular formula is C20H21N3O4S. The van der Waals surface area contributed by atoms with Gasteiger partial charge in [-0.1, -0.05) is 24.3 Å². The fraction of sp³-hybridized carbons (Fsp3) is 0.300. The van der Waals surface area contributed by atoms with Crippen molar-refractivity contribution in [3.8, 4) is 0 Å². The number of nitro groups is 1. The molecule has 0 bridgehead atoms. The first-order valence-electron chi connectivity index (χ1n) is 9.04. The summed E-state index contributed by atoms with van der Waals surface area (Å²) >= 11 is 1.41. The number of para-hydroxylation sites is 1. The van der Waals surface area contributed by atoms with Gasteiger partial charge in [-0.15, -0.1) is 11.8 Å². The summed E-state index contributed by atoms with van der Waals surface area (Å²) in [6.45, 7) is 1.51. The normalized spacial score (nSPS) is 13.4.